The Labute approximate surface area is 109 Å². The van der Waals surface area contributed by atoms with Crippen molar-refractivity contribution in [1.82, 2.24) is 10.6 Å². The first kappa shape index (κ1) is 13.5. The molecule has 0 bridgehead atoms. The zero-order valence-corrected chi connectivity index (χ0v) is 11.5. The minimum Gasteiger partial charge on any atom is -0.358 e. The molecule has 16 heavy (non-hydrogen) atoms. The van der Waals surface area contributed by atoms with Crippen molar-refractivity contribution < 1.29 is 4.79 Å². The third-order valence-corrected chi connectivity index (χ3v) is 3.10. The molecule has 1 unspecified atom stereocenters. The Kier molecular flexibility index (Phi) is 5.25. The van der Waals surface area contributed by atoms with E-state index in [1.54, 1.807) is 7.05 Å². The Morgan fingerprint density at radius 3 is 2.81 bits per heavy atom. The van der Waals surface area contributed by atoms with Crippen LogP contribution in [-0.2, 0) is 4.79 Å². The predicted molar refractivity (Wildman–Crippen MR) is 69.6 cm³/mol. The summed E-state index contributed by atoms with van der Waals surface area (Å²) >= 11 is 9.45. The Morgan fingerprint density at radius 2 is 2.25 bits per heavy atom. The molecule has 3 nitrogen and oxygen atoms in total. The lowest BCUT2D eigenvalue weighted by molar-refractivity contribution is -0.119. The average molecular weight is 306 g/mol. The Hall–Kier alpha value is -0.580. The third-order valence-electron chi connectivity index (χ3n) is 2.28. The van der Waals surface area contributed by atoms with Crippen LogP contribution in [-0.4, -0.2) is 19.5 Å². The maximum Gasteiger partial charge on any atom is 0.233 e. The van der Waals surface area contributed by atoms with E-state index in [2.05, 4.69) is 26.6 Å². The number of benzene rings is 1. The van der Waals surface area contributed by atoms with Gasteiger partial charge in [-0.25, -0.2) is 0 Å². The first-order valence-corrected chi connectivity index (χ1v) is 6.10. The molecular formula is C11H14BrClN2O. The molecule has 1 rings (SSSR count). The van der Waals surface area contributed by atoms with E-state index >= 15 is 0 Å². The Balaban J connectivity index is 2.65. The highest BCUT2D eigenvalue weighted by molar-refractivity contribution is 9.10. The molecule has 0 saturated carbocycles. The van der Waals surface area contributed by atoms with Crippen molar-refractivity contribution in [3.05, 3.63) is 33.3 Å². The number of halogens is 2. The highest BCUT2D eigenvalue weighted by atomic mass is 79.9. The second-order valence-corrected chi connectivity index (χ2v) is 4.76. The molecule has 0 aromatic heterocycles. The van der Waals surface area contributed by atoms with Crippen LogP contribution in [0, 0.1) is 0 Å². The van der Waals surface area contributed by atoms with Gasteiger partial charge in [0.2, 0.25) is 5.91 Å². The van der Waals surface area contributed by atoms with E-state index in [0.717, 1.165) is 10.0 Å². The summed E-state index contributed by atoms with van der Waals surface area (Å²) in [5.41, 5.74) is 0.980. The molecule has 0 spiro atoms. The van der Waals surface area contributed by atoms with Crippen molar-refractivity contribution in [3.8, 4) is 0 Å². The zero-order chi connectivity index (χ0) is 12.1. The number of hydrogen-bond acceptors (Lipinski definition) is 2. The lowest BCUT2D eigenvalue weighted by Crippen LogP contribution is -2.32. The van der Waals surface area contributed by atoms with Gasteiger partial charge in [-0.05, 0) is 24.6 Å². The van der Waals surface area contributed by atoms with Crippen LogP contribution < -0.4 is 10.6 Å². The van der Waals surface area contributed by atoms with Gasteiger partial charge >= 0.3 is 0 Å². The SMILES string of the molecule is CNC(=O)CNC(C)c1ccc(Br)cc1Cl. The molecule has 88 valence electrons. The second-order valence-electron chi connectivity index (χ2n) is 3.44. The lowest BCUT2D eigenvalue weighted by atomic mass is 10.1. The highest BCUT2D eigenvalue weighted by Crippen LogP contribution is 2.26. The first-order valence-electron chi connectivity index (χ1n) is 4.93. The monoisotopic (exact) mass is 304 g/mol. The van der Waals surface area contributed by atoms with Crippen LogP contribution in [0.3, 0.4) is 0 Å². The summed E-state index contributed by atoms with van der Waals surface area (Å²) in [7, 11) is 1.61. The Morgan fingerprint density at radius 1 is 1.56 bits per heavy atom. The number of rotatable bonds is 4. The standard InChI is InChI=1S/C11H14BrClN2O/c1-7(15-6-11(16)14-2)9-4-3-8(12)5-10(9)13/h3-5,7,15H,6H2,1-2H3,(H,14,16). The molecule has 2 N–H and O–H groups in total. The molecule has 0 aliphatic heterocycles. The van der Waals surface area contributed by atoms with E-state index < -0.39 is 0 Å². The van der Waals surface area contributed by atoms with Crippen LogP contribution in [0.5, 0.6) is 0 Å². The minimum atomic E-state index is -0.0416. The topological polar surface area (TPSA) is 41.1 Å². The molecule has 0 aliphatic carbocycles. The van der Waals surface area contributed by atoms with Gasteiger partial charge in [0.1, 0.15) is 0 Å². The molecule has 0 radical (unpaired) electrons. The van der Waals surface area contributed by atoms with Crippen LogP contribution >= 0.6 is 27.5 Å². The predicted octanol–water partition coefficient (Wildman–Crippen LogP) is 2.50. The third kappa shape index (κ3) is 3.77. The fraction of sp³-hybridized carbons (Fsp3) is 0.364. The van der Waals surface area contributed by atoms with E-state index in [-0.39, 0.29) is 18.5 Å². The maximum atomic E-state index is 11.1. The van der Waals surface area contributed by atoms with E-state index in [4.69, 9.17) is 11.6 Å². The number of amides is 1. The number of likely N-dealkylation sites (N-methyl/N-ethyl adjacent to an activating group) is 1. The summed E-state index contributed by atoms with van der Waals surface area (Å²) < 4.78 is 0.944. The minimum absolute atomic E-state index is 0.0397. The molecule has 1 aromatic rings. The molecule has 0 aliphatic rings. The normalized spacial score (nSPS) is 12.2. The lowest BCUT2D eigenvalue weighted by Gasteiger charge is -2.15. The second kappa shape index (κ2) is 6.23. The van der Waals surface area contributed by atoms with Crippen molar-refractivity contribution in [3.63, 3.8) is 0 Å². The average Bonchev–Trinajstić information content (AvgIpc) is 2.25. The van der Waals surface area contributed by atoms with E-state index in [9.17, 15) is 4.79 Å². The number of hydrogen-bond donors (Lipinski definition) is 2. The zero-order valence-electron chi connectivity index (χ0n) is 9.18. The Bertz CT molecular complexity index is 384. The largest absolute Gasteiger partial charge is 0.358 e. The smallest absolute Gasteiger partial charge is 0.233 e. The molecule has 1 atom stereocenters. The van der Waals surface area contributed by atoms with Crippen molar-refractivity contribution >= 4 is 33.4 Å². The van der Waals surface area contributed by atoms with Crippen molar-refractivity contribution in [2.45, 2.75) is 13.0 Å². The molecule has 1 aromatic carbocycles. The quantitative estimate of drug-likeness (QED) is 0.897. The number of nitrogens with one attached hydrogen (secondary N) is 2. The molecule has 1 amide bonds. The molecule has 5 heteroatoms. The summed E-state index contributed by atoms with van der Waals surface area (Å²) in [4.78, 5) is 11.1. The van der Waals surface area contributed by atoms with Crippen molar-refractivity contribution in [2.75, 3.05) is 13.6 Å². The molecule has 0 saturated heterocycles. The van der Waals surface area contributed by atoms with Crippen molar-refractivity contribution in [1.29, 1.82) is 0 Å². The van der Waals surface area contributed by atoms with Crippen LogP contribution in [0.15, 0.2) is 22.7 Å². The molecule has 0 fully saturated rings. The number of carbonyl (C=O) groups excluding carboxylic acids is 1. The van der Waals surface area contributed by atoms with Gasteiger partial charge in [0, 0.05) is 22.6 Å². The van der Waals surface area contributed by atoms with Gasteiger partial charge in [0.15, 0.2) is 0 Å². The van der Waals surface area contributed by atoms with Crippen LogP contribution in [0.4, 0.5) is 0 Å². The van der Waals surface area contributed by atoms with E-state index in [0.29, 0.717) is 5.02 Å². The van der Waals surface area contributed by atoms with Crippen LogP contribution in [0.25, 0.3) is 0 Å². The summed E-state index contributed by atoms with van der Waals surface area (Å²) in [5.74, 6) is -0.0416. The van der Waals surface area contributed by atoms with Gasteiger partial charge in [-0.2, -0.15) is 0 Å². The first-order chi connectivity index (χ1) is 7.54. The summed E-state index contributed by atoms with van der Waals surface area (Å²) in [6.07, 6.45) is 0. The number of carbonyl (C=O) groups is 1. The van der Waals surface area contributed by atoms with Crippen molar-refractivity contribution in [2.24, 2.45) is 0 Å². The maximum absolute atomic E-state index is 11.1. The fourth-order valence-corrected chi connectivity index (χ4v) is 2.13. The van der Waals surface area contributed by atoms with Gasteiger partial charge in [0.05, 0.1) is 6.54 Å². The van der Waals surface area contributed by atoms with Gasteiger partial charge in [-0.1, -0.05) is 33.6 Å². The summed E-state index contributed by atoms with van der Waals surface area (Å²) in [5, 5.41) is 6.34. The fourth-order valence-electron chi connectivity index (χ4n) is 1.30. The van der Waals surface area contributed by atoms with Gasteiger partial charge in [0.25, 0.3) is 0 Å². The van der Waals surface area contributed by atoms with E-state index in [1.807, 2.05) is 25.1 Å². The van der Waals surface area contributed by atoms with Gasteiger partial charge in [-0.3, -0.25) is 4.79 Å². The van der Waals surface area contributed by atoms with Gasteiger partial charge in [-0.15, -0.1) is 0 Å². The summed E-state index contributed by atoms with van der Waals surface area (Å²) in [6.45, 7) is 2.25. The van der Waals surface area contributed by atoms with E-state index in [1.165, 1.54) is 0 Å². The highest BCUT2D eigenvalue weighted by Gasteiger charge is 2.10. The van der Waals surface area contributed by atoms with Crippen LogP contribution in [0.1, 0.15) is 18.5 Å². The van der Waals surface area contributed by atoms with Crippen LogP contribution in [0.2, 0.25) is 5.02 Å². The summed E-state index contributed by atoms with van der Waals surface area (Å²) in [6, 6.07) is 5.75. The molecular weight excluding hydrogens is 291 g/mol. The molecule has 0 heterocycles. The van der Waals surface area contributed by atoms with Gasteiger partial charge < -0.3 is 10.6 Å².